The first-order valence-corrected chi connectivity index (χ1v) is 9.58. The summed E-state index contributed by atoms with van der Waals surface area (Å²) in [5.41, 5.74) is 8.48. The molecule has 2 amide bonds. The molecule has 0 radical (unpaired) electrons. The zero-order valence-corrected chi connectivity index (χ0v) is 17.3. The zero-order valence-electron chi connectivity index (χ0n) is 17.3. The summed E-state index contributed by atoms with van der Waals surface area (Å²) in [7, 11) is 3.07. The lowest BCUT2D eigenvalue weighted by atomic mass is 9.92. The van der Waals surface area contributed by atoms with Gasteiger partial charge in [-0.15, -0.1) is 0 Å². The predicted octanol–water partition coefficient (Wildman–Crippen LogP) is 2.51. The summed E-state index contributed by atoms with van der Waals surface area (Å²) in [5.74, 6) is 0.838. The summed E-state index contributed by atoms with van der Waals surface area (Å²) >= 11 is 0. The Hall–Kier alpha value is -3.91. The van der Waals surface area contributed by atoms with E-state index in [0.29, 0.717) is 11.5 Å². The second-order valence-corrected chi connectivity index (χ2v) is 6.98. The largest absolute Gasteiger partial charge is 0.497 e. The molecule has 1 saturated heterocycles. The van der Waals surface area contributed by atoms with Crippen molar-refractivity contribution in [2.24, 2.45) is 5.11 Å². The third kappa shape index (κ3) is 4.65. The quantitative estimate of drug-likeness (QED) is 0.361. The second-order valence-electron chi connectivity index (χ2n) is 6.98. The highest BCUT2D eigenvalue weighted by Gasteiger charge is 2.52. The van der Waals surface area contributed by atoms with Gasteiger partial charge < -0.3 is 19.5 Å². The maximum atomic E-state index is 13.0. The Kier molecular flexibility index (Phi) is 6.84. The highest BCUT2D eigenvalue weighted by Crippen LogP contribution is 2.32. The van der Waals surface area contributed by atoms with Crippen molar-refractivity contribution in [2.75, 3.05) is 20.8 Å². The van der Waals surface area contributed by atoms with Gasteiger partial charge in [0.15, 0.2) is 0 Å². The van der Waals surface area contributed by atoms with Gasteiger partial charge in [0.25, 0.3) is 0 Å². The van der Waals surface area contributed by atoms with E-state index >= 15 is 0 Å². The smallest absolute Gasteiger partial charge is 0.408 e. The van der Waals surface area contributed by atoms with Crippen molar-refractivity contribution >= 4 is 12.0 Å². The van der Waals surface area contributed by atoms with Crippen LogP contribution in [0.3, 0.4) is 0 Å². The van der Waals surface area contributed by atoms with E-state index in [4.69, 9.17) is 15.0 Å². The number of ether oxygens (including phenoxy) is 2. The lowest BCUT2D eigenvalue weighted by Gasteiger charge is -2.49. The average molecular weight is 426 g/mol. The molecule has 2 atom stereocenters. The van der Waals surface area contributed by atoms with Crippen LogP contribution in [0.15, 0.2) is 53.6 Å². The van der Waals surface area contributed by atoms with Crippen LogP contribution < -0.4 is 14.4 Å². The number of carbonyl (C=O) groups is 2. The average Bonchev–Trinajstić information content (AvgIpc) is 2.79. The Morgan fingerprint density at radius 1 is 1.23 bits per heavy atom. The number of nitrogens with one attached hydrogen (secondary N) is 1. The molecule has 0 aliphatic carbocycles. The van der Waals surface area contributed by atoms with Gasteiger partial charge in [-0.3, -0.25) is 9.69 Å². The number of rotatable bonds is 9. The number of methoxy groups -OCH3 is 2. The third-order valence-corrected chi connectivity index (χ3v) is 5.25. The molecule has 1 heterocycles. The van der Waals surface area contributed by atoms with E-state index in [-0.39, 0.29) is 25.5 Å². The van der Waals surface area contributed by atoms with Gasteiger partial charge >= 0.3 is 6.09 Å². The Balaban J connectivity index is 1.85. The van der Waals surface area contributed by atoms with Crippen molar-refractivity contribution in [3.63, 3.8) is 0 Å². The first-order valence-electron chi connectivity index (χ1n) is 9.58. The number of hydrogen-bond donors (Lipinski definition) is 2. The Bertz CT molecular complexity index is 993. The van der Waals surface area contributed by atoms with Crippen LogP contribution in [0.5, 0.6) is 11.5 Å². The lowest BCUT2D eigenvalue weighted by molar-refractivity contribution is -0.158. The molecule has 3 rings (SSSR count). The number of likely N-dealkylation sites (tertiary alicyclic amines) is 1. The fourth-order valence-electron chi connectivity index (χ4n) is 3.68. The molecule has 1 aliphatic heterocycles. The molecule has 0 aromatic heterocycles. The molecule has 0 spiro atoms. The SMILES string of the molecule is COc1ccc(CN2C(=O)[C@@H](N(Cc3ccccc3)C(=O)O)[C@H]2CN=[N+]=N)c(OC)c1. The maximum absolute atomic E-state index is 13.0. The molecular weight excluding hydrogens is 402 g/mol. The number of β-lactam (4-membered cyclic amide) rings is 1. The molecule has 1 aliphatic rings. The fourth-order valence-corrected chi connectivity index (χ4v) is 3.68. The Labute approximate surface area is 179 Å². The molecule has 10 nitrogen and oxygen atoms in total. The first kappa shape index (κ1) is 21.8. The van der Waals surface area contributed by atoms with Crippen molar-refractivity contribution in [3.8, 4) is 11.5 Å². The van der Waals surface area contributed by atoms with E-state index in [0.717, 1.165) is 16.0 Å². The molecule has 0 bridgehead atoms. The number of amides is 2. The minimum Gasteiger partial charge on any atom is -0.497 e. The highest BCUT2D eigenvalue weighted by atomic mass is 16.5. The highest BCUT2D eigenvalue weighted by molar-refractivity contribution is 5.92. The molecule has 2 aromatic carbocycles. The molecule has 0 saturated carbocycles. The summed E-state index contributed by atoms with van der Waals surface area (Å²) in [5, 5.41) is 13.5. The van der Waals surface area contributed by atoms with Crippen LogP contribution >= 0.6 is 0 Å². The fraction of sp³-hybridized carbons (Fsp3) is 0.333. The van der Waals surface area contributed by atoms with Crippen LogP contribution in [0.1, 0.15) is 11.1 Å². The van der Waals surface area contributed by atoms with E-state index in [1.54, 1.807) is 37.4 Å². The summed E-state index contributed by atoms with van der Waals surface area (Å²) < 4.78 is 10.6. The van der Waals surface area contributed by atoms with Gasteiger partial charge in [0.05, 0.1) is 20.3 Å². The number of nitrogens with zero attached hydrogens (tertiary/aromatic N) is 4. The van der Waals surface area contributed by atoms with Crippen molar-refractivity contribution < 1.29 is 24.2 Å². The van der Waals surface area contributed by atoms with Crippen LogP contribution in [0, 0.1) is 5.53 Å². The van der Waals surface area contributed by atoms with E-state index in [1.165, 1.54) is 12.0 Å². The van der Waals surface area contributed by atoms with E-state index in [1.807, 2.05) is 18.2 Å². The standard InChI is InChI=1S/C21H23N5O5/c1-30-16-9-8-15(18(10-16)31-2)13-25-17(11-23-24-22)19(20(25)27)26(21(28)29)12-14-6-4-3-5-7-14/h3-10,17,19,22H,11-13H2,1-2H3/p+1/t17-,19+/m1/s1. The molecule has 10 heteroatoms. The molecule has 0 unspecified atom stereocenters. The zero-order chi connectivity index (χ0) is 22.4. The molecule has 31 heavy (non-hydrogen) atoms. The van der Waals surface area contributed by atoms with Gasteiger partial charge in [-0.05, 0) is 17.7 Å². The van der Waals surface area contributed by atoms with Gasteiger partial charge in [0.2, 0.25) is 10.8 Å². The van der Waals surface area contributed by atoms with Crippen LogP contribution in [0.2, 0.25) is 0 Å². The first-order chi connectivity index (χ1) is 15.0. The van der Waals surface area contributed by atoms with Gasteiger partial charge in [0, 0.05) is 24.7 Å². The van der Waals surface area contributed by atoms with Crippen molar-refractivity contribution in [1.82, 2.24) is 14.7 Å². The third-order valence-electron chi connectivity index (χ3n) is 5.25. The van der Waals surface area contributed by atoms with E-state index in [2.05, 4.69) is 10.0 Å². The molecule has 2 N–H and O–H groups in total. The maximum Gasteiger partial charge on any atom is 0.408 e. The van der Waals surface area contributed by atoms with Crippen molar-refractivity contribution in [1.29, 1.82) is 5.53 Å². The molecule has 1 fully saturated rings. The second kappa shape index (κ2) is 9.73. The van der Waals surface area contributed by atoms with E-state index in [9.17, 15) is 14.7 Å². The summed E-state index contributed by atoms with van der Waals surface area (Å²) in [6.07, 6.45) is -1.20. The van der Waals surface area contributed by atoms with Gasteiger partial charge in [-0.2, -0.15) is 0 Å². The topological polar surface area (TPSA) is 130 Å². The van der Waals surface area contributed by atoms with E-state index < -0.39 is 18.2 Å². The number of hydrogen-bond acceptors (Lipinski definition) is 6. The normalized spacial score (nSPS) is 17.4. The Morgan fingerprint density at radius 2 is 1.97 bits per heavy atom. The van der Waals surface area contributed by atoms with Crippen LogP contribution in [-0.2, 0) is 17.9 Å². The van der Waals surface area contributed by atoms with Crippen molar-refractivity contribution in [3.05, 3.63) is 59.7 Å². The summed E-state index contributed by atoms with van der Waals surface area (Å²) in [4.78, 5) is 30.7. The van der Waals surface area contributed by atoms with Crippen LogP contribution in [-0.4, -0.2) is 59.8 Å². The molecular formula is C21H24N5O5+. The number of benzene rings is 2. The van der Waals surface area contributed by atoms with Gasteiger partial charge in [-0.25, -0.2) is 4.79 Å². The molecule has 162 valence electrons. The Morgan fingerprint density at radius 3 is 2.58 bits per heavy atom. The molecule has 2 aromatic rings. The van der Waals surface area contributed by atoms with Crippen LogP contribution in [0.25, 0.3) is 0 Å². The van der Waals surface area contributed by atoms with Crippen LogP contribution in [0.4, 0.5) is 4.79 Å². The number of carboxylic acid groups (broad SMARTS) is 1. The minimum atomic E-state index is -1.20. The number of carbonyl (C=O) groups excluding carboxylic acids is 1. The monoisotopic (exact) mass is 426 g/mol. The van der Waals surface area contributed by atoms with Crippen molar-refractivity contribution in [2.45, 2.75) is 25.2 Å². The summed E-state index contributed by atoms with van der Waals surface area (Å²) in [6, 6.07) is 12.9. The lowest BCUT2D eigenvalue weighted by Crippen LogP contribution is -2.71. The van der Waals surface area contributed by atoms with Gasteiger partial charge in [-0.1, -0.05) is 30.3 Å². The summed E-state index contributed by atoms with van der Waals surface area (Å²) in [6.45, 7) is 0.303. The predicted molar refractivity (Wildman–Crippen MR) is 110 cm³/mol. The minimum absolute atomic E-state index is 0.0247. The van der Waals surface area contributed by atoms with Gasteiger partial charge in [0.1, 0.15) is 34.7 Å².